The number of hydrogen-bond acceptors (Lipinski definition) is 2. The van der Waals surface area contributed by atoms with Crippen molar-refractivity contribution in [3.05, 3.63) is 12.3 Å². The molecule has 4 rings (SSSR count). The van der Waals surface area contributed by atoms with Gasteiger partial charge >= 0.3 is 0 Å². The third kappa shape index (κ3) is 2.77. The van der Waals surface area contributed by atoms with Crippen molar-refractivity contribution in [2.24, 2.45) is 34.5 Å². The second kappa shape index (κ2) is 6.93. The minimum absolute atomic E-state index is 0.118. The number of amides is 2. The lowest BCUT2D eigenvalue weighted by Crippen LogP contribution is -2.55. The van der Waals surface area contributed by atoms with Crippen LogP contribution in [0.3, 0.4) is 0 Å². The van der Waals surface area contributed by atoms with Gasteiger partial charge < -0.3 is 10.2 Å². The lowest BCUT2D eigenvalue weighted by molar-refractivity contribution is -0.134. The third-order valence-electron chi connectivity index (χ3n) is 8.96. The van der Waals surface area contributed by atoms with E-state index in [9.17, 15) is 9.59 Å². The number of carbonyl (C=O) groups excluding carboxylic acids is 2. The summed E-state index contributed by atoms with van der Waals surface area (Å²) in [5.74, 6) is 2.51. The average molecular weight is 373 g/mol. The van der Waals surface area contributed by atoms with Crippen molar-refractivity contribution in [3.8, 4) is 0 Å². The van der Waals surface area contributed by atoms with Crippen molar-refractivity contribution in [2.75, 3.05) is 6.54 Å². The minimum Gasteiger partial charge on any atom is -0.356 e. The maximum Gasteiger partial charge on any atom is 0.223 e. The Labute approximate surface area is 164 Å². The maximum absolute atomic E-state index is 12.9. The van der Waals surface area contributed by atoms with Gasteiger partial charge in [-0.3, -0.25) is 9.59 Å². The van der Waals surface area contributed by atoms with Gasteiger partial charge in [0.15, 0.2) is 0 Å². The monoisotopic (exact) mass is 372 g/mol. The number of carbonyl (C=O) groups is 2. The molecule has 0 aromatic carbocycles. The van der Waals surface area contributed by atoms with Crippen molar-refractivity contribution >= 4 is 12.3 Å². The SMILES string of the molecule is CCCCNC(=O)C1CCC2C3CCC4N(C=O)C=CC4(C)C3CCC12C. The molecule has 4 heteroatoms. The van der Waals surface area contributed by atoms with Crippen LogP contribution in [0.4, 0.5) is 0 Å². The molecule has 150 valence electrons. The summed E-state index contributed by atoms with van der Waals surface area (Å²) in [7, 11) is 0. The summed E-state index contributed by atoms with van der Waals surface area (Å²) >= 11 is 0. The van der Waals surface area contributed by atoms with E-state index in [2.05, 4.69) is 32.2 Å². The molecule has 2 amide bonds. The van der Waals surface area contributed by atoms with E-state index in [1.54, 1.807) is 0 Å². The summed E-state index contributed by atoms with van der Waals surface area (Å²) in [6.07, 6.45) is 14.5. The van der Waals surface area contributed by atoms with Crippen molar-refractivity contribution in [3.63, 3.8) is 0 Å². The van der Waals surface area contributed by atoms with Crippen molar-refractivity contribution < 1.29 is 9.59 Å². The van der Waals surface area contributed by atoms with Crippen LogP contribution < -0.4 is 5.32 Å². The molecule has 27 heavy (non-hydrogen) atoms. The Morgan fingerprint density at radius 2 is 2.00 bits per heavy atom. The van der Waals surface area contributed by atoms with Crippen LogP contribution in [0.1, 0.15) is 72.1 Å². The van der Waals surface area contributed by atoms with Crippen LogP contribution in [-0.4, -0.2) is 29.8 Å². The molecule has 0 spiro atoms. The molecule has 1 heterocycles. The highest BCUT2D eigenvalue weighted by molar-refractivity contribution is 5.80. The van der Waals surface area contributed by atoms with Gasteiger partial charge in [-0.25, -0.2) is 0 Å². The van der Waals surface area contributed by atoms with E-state index in [0.29, 0.717) is 29.7 Å². The summed E-state index contributed by atoms with van der Waals surface area (Å²) in [6, 6.07) is 0.343. The zero-order valence-electron chi connectivity index (χ0n) is 17.2. The molecule has 3 fully saturated rings. The molecule has 0 aromatic heterocycles. The molecule has 4 nitrogen and oxygen atoms in total. The van der Waals surface area contributed by atoms with Gasteiger partial charge in [0.1, 0.15) is 0 Å². The van der Waals surface area contributed by atoms with E-state index in [0.717, 1.165) is 45.1 Å². The fraction of sp³-hybridized carbons (Fsp3) is 0.826. The first-order chi connectivity index (χ1) is 13.0. The van der Waals surface area contributed by atoms with Crippen LogP contribution in [0, 0.1) is 34.5 Å². The summed E-state index contributed by atoms with van der Waals surface area (Å²) in [6.45, 7) is 7.77. The van der Waals surface area contributed by atoms with Gasteiger partial charge in [-0.1, -0.05) is 33.3 Å². The van der Waals surface area contributed by atoms with Crippen molar-refractivity contribution in [1.29, 1.82) is 0 Å². The number of nitrogens with one attached hydrogen (secondary N) is 1. The average Bonchev–Trinajstić information content (AvgIpc) is 3.18. The summed E-state index contributed by atoms with van der Waals surface area (Å²) in [5.41, 5.74) is 0.278. The molecule has 0 saturated heterocycles. The highest BCUT2D eigenvalue weighted by Crippen LogP contribution is 2.65. The molecule has 0 radical (unpaired) electrons. The van der Waals surface area contributed by atoms with Crippen LogP contribution in [0.5, 0.6) is 0 Å². The molecule has 1 aliphatic heterocycles. The second-order valence-corrected chi connectivity index (χ2v) is 10.0. The Kier molecular flexibility index (Phi) is 4.88. The normalized spacial score (nSPS) is 45.1. The standard InChI is InChI=1S/C23H36N2O2/c1-4-5-13-24-21(27)19-8-7-17-16-6-9-20-23(3,12-14-25(20)15-26)18(16)10-11-22(17,19)2/h12,14-20H,4-11,13H2,1-3H3,(H,24,27). The van der Waals surface area contributed by atoms with Gasteiger partial charge in [0, 0.05) is 30.1 Å². The Hall–Kier alpha value is -1.32. The Morgan fingerprint density at radius 3 is 2.74 bits per heavy atom. The molecule has 4 aliphatic rings. The van der Waals surface area contributed by atoms with E-state index in [1.807, 2.05) is 11.1 Å². The van der Waals surface area contributed by atoms with Crippen LogP contribution in [0.2, 0.25) is 0 Å². The van der Waals surface area contributed by atoms with E-state index in [1.165, 1.54) is 19.3 Å². The number of nitrogens with zero attached hydrogens (tertiary/aromatic N) is 1. The predicted molar refractivity (Wildman–Crippen MR) is 107 cm³/mol. The Morgan fingerprint density at radius 1 is 1.19 bits per heavy atom. The molecule has 3 aliphatic carbocycles. The zero-order chi connectivity index (χ0) is 19.2. The zero-order valence-corrected chi connectivity index (χ0v) is 17.2. The van der Waals surface area contributed by atoms with Crippen LogP contribution >= 0.6 is 0 Å². The number of hydrogen-bond donors (Lipinski definition) is 1. The molecule has 3 saturated carbocycles. The maximum atomic E-state index is 12.9. The fourth-order valence-electron chi connectivity index (χ4n) is 7.48. The second-order valence-electron chi connectivity index (χ2n) is 10.0. The molecular weight excluding hydrogens is 336 g/mol. The predicted octanol–water partition coefficient (Wildman–Crippen LogP) is 4.12. The highest BCUT2D eigenvalue weighted by Gasteiger charge is 2.61. The number of fused-ring (bicyclic) bond motifs is 5. The molecule has 0 aromatic rings. The van der Waals surface area contributed by atoms with Crippen LogP contribution in [-0.2, 0) is 9.59 Å². The minimum atomic E-state index is 0.118. The Balaban J connectivity index is 1.52. The van der Waals surface area contributed by atoms with Crippen molar-refractivity contribution in [1.82, 2.24) is 10.2 Å². The first-order valence-electron chi connectivity index (χ1n) is 11.2. The largest absolute Gasteiger partial charge is 0.356 e. The first kappa shape index (κ1) is 19.0. The van der Waals surface area contributed by atoms with Gasteiger partial charge in [0.2, 0.25) is 12.3 Å². The third-order valence-corrected chi connectivity index (χ3v) is 8.96. The molecule has 7 unspecified atom stereocenters. The van der Waals surface area contributed by atoms with Gasteiger partial charge in [-0.05, 0) is 68.1 Å². The lowest BCUT2D eigenvalue weighted by Gasteiger charge is -2.57. The molecular formula is C23H36N2O2. The van der Waals surface area contributed by atoms with E-state index in [4.69, 9.17) is 0 Å². The molecule has 1 N–H and O–H groups in total. The smallest absolute Gasteiger partial charge is 0.223 e. The van der Waals surface area contributed by atoms with E-state index in [-0.39, 0.29) is 16.7 Å². The van der Waals surface area contributed by atoms with Gasteiger partial charge in [0.05, 0.1) is 0 Å². The molecule has 0 bridgehead atoms. The Bertz CT molecular complexity index is 632. The van der Waals surface area contributed by atoms with Crippen LogP contribution in [0.15, 0.2) is 12.3 Å². The number of rotatable bonds is 5. The summed E-state index contributed by atoms with van der Waals surface area (Å²) in [5, 5.41) is 3.22. The summed E-state index contributed by atoms with van der Waals surface area (Å²) in [4.78, 5) is 26.3. The highest BCUT2D eigenvalue weighted by atomic mass is 16.2. The molecule has 7 atom stereocenters. The van der Waals surface area contributed by atoms with Gasteiger partial charge in [-0.2, -0.15) is 0 Å². The first-order valence-corrected chi connectivity index (χ1v) is 11.2. The topological polar surface area (TPSA) is 49.4 Å². The quantitative estimate of drug-likeness (QED) is 0.583. The van der Waals surface area contributed by atoms with Crippen LogP contribution in [0.25, 0.3) is 0 Å². The van der Waals surface area contributed by atoms with Crippen molar-refractivity contribution in [2.45, 2.75) is 78.2 Å². The number of unbranched alkanes of at least 4 members (excludes halogenated alkanes) is 1. The van der Waals surface area contributed by atoms with E-state index < -0.39 is 0 Å². The summed E-state index contributed by atoms with van der Waals surface area (Å²) < 4.78 is 0. The van der Waals surface area contributed by atoms with E-state index >= 15 is 0 Å². The van der Waals surface area contributed by atoms with Gasteiger partial charge in [-0.15, -0.1) is 0 Å². The fourth-order valence-corrected chi connectivity index (χ4v) is 7.48. The van der Waals surface area contributed by atoms with Gasteiger partial charge in [0.25, 0.3) is 0 Å². The lowest BCUT2D eigenvalue weighted by atomic mass is 9.48.